The van der Waals surface area contributed by atoms with Crippen molar-refractivity contribution in [3.8, 4) is 5.75 Å². The van der Waals surface area contributed by atoms with Crippen LogP contribution in [0.1, 0.15) is 30.9 Å². The molecule has 92 valence electrons. The number of methoxy groups -OCH3 is 1. The number of non-ortho nitro benzene ring substituents is 1. The molecule has 1 unspecified atom stereocenters. The molecule has 1 saturated carbocycles. The van der Waals surface area contributed by atoms with E-state index in [2.05, 4.69) is 0 Å². The van der Waals surface area contributed by atoms with E-state index in [-0.39, 0.29) is 11.7 Å². The average Bonchev–Trinajstić information content (AvgIpc) is 2.25. The lowest BCUT2D eigenvalue weighted by atomic mass is 9.77. The Morgan fingerprint density at radius 1 is 1.53 bits per heavy atom. The van der Waals surface area contributed by atoms with Crippen LogP contribution >= 0.6 is 0 Å². The summed E-state index contributed by atoms with van der Waals surface area (Å²) in [6, 6.07) is 4.42. The van der Waals surface area contributed by atoms with Gasteiger partial charge in [-0.2, -0.15) is 0 Å². The number of nitrogens with two attached hydrogens (primary N) is 1. The van der Waals surface area contributed by atoms with E-state index >= 15 is 0 Å². The monoisotopic (exact) mass is 236 g/mol. The summed E-state index contributed by atoms with van der Waals surface area (Å²) >= 11 is 0. The minimum Gasteiger partial charge on any atom is -0.496 e. The van der Waals surface area contributed by atoms with Crippen molar-refractivity contribution >= 4 is 5.69 Å². The van der Waals surface area contributed by atoms with Gasteiger partial charge in [0.25, 0.3) is 5.69 Å². The molecule has 0 bridgehead atoms. The Morgan fingerprint density at radius 2 is 2.24 bits per heavy atom. The van der Waals surface area contributed by atoms with Crippen LogP contribution < -0.4 is 10.5 Å². The molecule has 0 aliphatic heterocycles. The van der Waals surface area contributed by atoms with Crippen LogP contribution in [0.4, 0.5) is 5.69 Å². The minimum absolute atomic E-state index is 0.0653. The van der Waals surface area contributed by atoms with Crippen LogP contribution in [0.15, 0.2) is 18.2 Å². The predicted octanol–water partition coefficient (Wildman–Crippen LogP) is 2.40. The van der Waals surface area contributed by atoms with Crippen LogP contribution in [0.2, 0.25) is 0 Å². The molecule has 1 aromatic rings. The number of nitrogens with zero attached hydrogens (tertiary/aromatic N) is 1. The fourth-order valence-electron chi connectivity index (χ4n) is 2.15. The third-order valence-electron chi connectivity index (χ3n) is 3.44. The first kappa shape index (κ1) is 11.9. The zero-order valence-corrected chi connectivity index (χ0v) is 9.76. The van der Waals surface area contributed by atoms with Crippen molar-refractivity contribution in [3.63, 3.8) is 0 Å². The quantitative estimate of drug-likeness (QED) is 0.643. The largest absolute Gasteiger partial charge is 0.496 e. The minimum atomic E-state index is -0.406. The highest BCUT2D eigenvalue weighted by molar-refractivity contribution is 5.45. The molecule has 2 rings (SSSR count). The van der Waals surface area contributed by atoms with Gasteiger partial charge in [-0.1, -0.05) is 6.42 Å². The average molecular weight is 236 g/mol. The number of nitro benzene ring substituents is 1. The Hall–Kier alpha value is -1.62. The molecule has 1 aliphatic rings. The number of hydrogen-bond acceptors (Lipinski definition) is 4. The number of benzene rings is 1. The highest BCUT2D eigenvalue weighted by Gasteiger charge is 2.28. The van der Waals surface area contributed by atoms with E-state index in [9.17, 15) is 10.1 Å². The summed E-state index contributed by atoms with van der Waals surface area (Å²) in [4.78, 5) is 10.3. The molecule has 5 nitrogen and oxygen atoms in total. The Labute approximate surface area is 99.7 Å². The fraction of sp³-hybridized carbons (Fsp3) is 0.500. The van der Waals surface area contributed by atoms with Gasteiger partial charge >= 0.3 is 0 Å². The Morgan fingerprint density at radius 3 is 2.71 bits per heavy atom. The van der Waals surface area contributed by atoms with Crippen molar-refractivity contribution in [1.29, 1.82) is 0 Å². The van der Waals surface area contributed by atoms with Crippen LogP contribution in [-0.2, 0) is 0 Å². The van der Waals surface area contributed by atoms with Crippen molar-refractivity contribution in [1.82, 2.24) is 0 Å². The molecule has 1 aliphatic carbocycles. The van der Waals surface area contributed by atoms with Gasteiger partial charge in [-0.15, -0.1) is 0 Å². The van der Waals surface area contributed by atoms with Crippen molar-refractivity contribution in [2.45, 2.75) is 25.3 Å². The van der Waals surface area contributed by atoms with Crippen molar-refractivity contribution in [3.05, 3.63) is 33.9 Å². The maximum atomic E-state index is 10.8. The second kappa shape index (κ2) is 4.71. The van der Waals surface area contributed by atoms with E-state index < -0.39 is 4.92 Å². The summed E-state index contributed by atoms with van der Waals surface area (Å²) in [6.07, 6.45) is 3.37. The number of hydrogen-bond donors (Lipinski definition) is 1. The van der Waals surface area contributed by atoms with Gasteiger partial charge in [-0.05, 0) is 24.8 Å². The van der Waals surface area contributed by atoms with Crippen LogP contribution in [0, 0.1) is 16.0 Å². The molecule has 1 fully saturated rings. The van der Waals surface area contributed by atoms with Gasteiger partial charge in [0.1, 0.15) is 5.75 Å². The zero-order valence-electron chi connectivity index (χ0n) is 9.76. The lowest BCUT2D eigenvalue weighted by Gasteiger charge is -2.32. The number of nitro groups is 1. The van der Waals surface area contributed by atoms with E-state index in [1.165, 1.54) is 18.6 Å². The molecule has 1 aromatic carbocycles. The van der Waals surface area contributed by atoms with Crippen molar-refractivity contribution < 1.29 is 9.66 Å². The van der Waals surface area contributed by atoms with Crippen LogP contribution in [-0.4, -0.2) is 12.0 Å². The lowest BCUT2D eigenvalue weighted by Crippen LogP contribution is -2.27. The van der Waals surface area contributed by atoms with E-state index in [0.29, 0.717) is 11.7 Å². The van der Waals surface area contributed by atoms with E-state index in [0.717, 1.165) is 18.4 Å². The number of rotatable bonds is 4. The third-order valence-corrected chi connectivity index (χ3v) is 3.44. The van der Waals surface area contributed by atoms with E-state index in [1.807, 2.05) is 0 Å². The topological polar surface area (TPSA) is 78.4 Å². The first-order chi connectivity index (χ1) is 8.13. The summed E-state index contributed by atoms with van der Waals surface area (Å²) in [5, 5.41) is 10.8. The van der Waals surface area contributed by atoms with Gasteiger partial charge in [0, 0.05) is 23.7 Å². The fourth-order valence-corrected chi connectivity index (χ4v) is 2.15. The van der Waals surface area contributed by atoms with Crippen molar-refractivity contribution in [2.75, 3.05) is 7.11 Å². The second-order valence-corrected chi connectivity index (χ2v) is 4.40. The molecule has 0 saturated heterocycles. The zero-order chi connectivity index (χ0) is 12.4. The molecule has 0 spiro atoms. The summed E-state index contributed by atoms with van der Waals surface area (Å²) < 4.78 is 5.22. The second-order valence-electron chi connectivity index (χ2n) is 4.40. The molecule has 0 radical (unpaired) electrons. The smallest absolute Gasteiger partial charge is 0.270 e. The highest BCUT2D eigenvalue weighted by Crippen LogP contribution is 2.40. The van der Waals surface area contributed by atoms with Gasteiger partial charge in [0.2, 0.25) is 0 Å². The number of ether oxygens (including phenoxy) is 1. The van der Waals surface area contributed by atoms with Gasteiger partial charge in [0.15, 0.2) is 0 Å². The Kier molecular flexibility index (Phi) is 3.28. The summed E-state index contributed by atoms with van der Waals surface area (Å²) in [5.74, 6) is 1.06. The molecule has 17 heavy (non-hydrogen) atoms. The molecular weight excluding hydrogens is 220 g/mol. The molecule has 0 aromatic heterocycles. The standard InChI is InChI=1S/C12H16N2O3/c1-17-11-6-5-9(14(15)16)7-10(11)12(13)8-3-2-4-8/h5-8,12H,2-4,13H2,1H3. The SMILES string of the molecule is COc1ccc([N+](=O)[O-])cc1C(N)C1CCC1. The van der Waals surface area contributed by atoms with Gasteiger partial charge in [-0.25, -0.2) is 0 Å². The summed E-state index contributed by atoms with van der Waals surface area (Å²) in [5.41, 5.74) is 6.95. The van der Waals surface area contributed by atoms with Crippen LogP contribution in [0.25, 0.3) is 0 Å². The predicted molar refractivity (Wildman–Crippen MR) is 63.9 cm³/mol. The van der Waals surface area contributed by atoms with Crippen LogP contribution in [0.5, 0.6) is 5.75 Å². The molecular formula is C12H16N2O3. The molecule has 0 heterocycles. The normalized spacial score (nSPS) is 17.3. The first-order valence-corrected chi connectivity index (χ1v) is 5.71. The maximum Gasteiger partial charge on any atom is 0.270 e. The Balaban J connectivity index is 2.34. The van der Waals surface area contributed by atoms with Gasteiger partial charge in [0.05, 0.1) is 12.0 Å². The van der Waals surface area contributed by atoms with E-state index in [1.54, 1.807) is 13.2 Å². The van der Waals surface area contributed by atoms with Crippen molar-refractivity contribution in [2.24, 2.45) is 11.7 Å². The van der Waals surface area contributed by atoms with Crippen LogP contribution in [0.3, 0.4) is 0 Å². The molecule has 1 atom stereocenters. The lowest BCUT2D eigenvalue weighted by molar-refractivity contribution is -0.385. The van der Waals surface area contributed by atoms with E-state index in [4.69, 9.17) is 10.5 Å². The summed E-state index contributed by atoms with van der Waals surface area (Å²) in [7, 11) is 1.55. The first-order valence-electron chi connectivity index (χ1n) is 5.71. The summed E-state index contributed by atoms with van der Waals surface area (Å²) in [6.45, 7) is 0. The highest BCUT2D eigenvalue weighted by atomic mass is 16.6. The van der Waals surface area contributed by atoms with Gasteiger partial charge < -0.3 is 10.5 Å². The third kappa shape index (κ3) is 2.24. The molecule has 2 N–H and O–H groups in total. The Bertz CT molecular complexity index is 430. The molecule has 0 amide bonds. The molecule has 5 heteroatoms. The van der Waals surface area contributed by atoms with Gasteiger partial charge in [-0.3, -0.25) is 10.1 Å². The maximum absolute atomic E-state index is 10.8.